The summed E-state index contributed by atoms with van der Waals surface area (Å²) < 4.78 is 5.49. The average Bonchev–Trinajstić information content (AvgIpc) is 3.28. The molecule has 0 aromatic rings. The van der Waals surface area contributed by atoms with E-state index < -0.39 is 5.60 Å². The number of nitrogens with one attached hydrogen (secondary N) is 1. The highest BCUT2D eigenvalue weighted by atomic mass is 16.6. The van der Waals surface area contributed by atoms with Crippen molar-refractivity contribution in [1.82, 2.24) is 15.1 Å². The largest absolute Gasteiger partial charge is 0.444 e. The van der Waals surface area contributed by atoms with Crippen LogP contribution in [0.25, 0.3) is 0 Å². The van der Waals surface area contributed by atoms with Crippen LogP contribution in [0, 0.1) is 0 Å². The van der Waals surface area contributed by atoms with Crippen LogP contribution in [-0.2, 0) is 4.74 Å². The SMILES string of the molecule is CCN(CCNC1CCCN(C(=O)OC(C)(C)C)CC1)C1CC1. The Balaban J connectivity index is 1.67. The molecule has 1 heterocycles. The van der Waals surface area contributed by atoms with Crippen molar-refractivity contribution in [2.24, 2.45) is 0 Å². The Morgan fingerprint density at radius 1 is 1.22 bits per heavy atom. The Bertz CT molecular complexity index is 377. The Morgan fingerprint density at radius 3 is 2.57 bits per heavy atom. The van der Waals surface area contributed by atoms with Gasteiger partial charge in [-0.25, -0.2) is 4.79 Å². The number of carbonyl (C=O) groups is 1. The molecule has 23 heavy (non-hydrogen) atoms. The lowest BCUT2D eigenvalue weighted by molar-refractivity contribution is 0.0256. The molecule has 2 aliphatic rings. The molecular formula is C18H35N3O2. The smallest absolute Gasteiger partial charge is 0.410 e. The Kier molecular flexibility index (Phi) is 6.72. The van der Waals surface area contributed by atoms with Gasteiger partial charge in [0, 0.05) is 38.3 Å². The van der Waals surface area contributed by atoms with Gasteiger partial charge in [-0.2, -0.15) is 0 Å². The summed E-state index contributed by atoms with van der Waals surface area (Å²) in [5.41, 5.74) is -0.409. The zero-order valence-electron chi connectivity index (χ0n) is 15.4. The van der Waals surface area contributed by atoms with E-state index in [1.165, 1.54) is 12.8 Å². The number of nitrogens with zero attached hydrogens (tertiary/aromatic N) is 2. The molecule has 5 nitrogen and oxygen atoms in total. The molecule has 1 N–H and O–H groups in total. The minimum atomic E-state index is -0.409. The number of carbonyl (C=O) groups excluding carboxylic acids is 1. The summed E-state index contributed by atoms with van der Waals surface area (Å²) in [6, 6.07) is 1.37. The first-order chi connectivity index (χ1) is 10.9. The minimum absolute atomic E-state index is 0.163. The van der Waals surface area contributed by atoms with E-state index in [0.29, 0.717) is 6.04 Å². The second-order valence-corrected chi connectivity index (χ2v) is 7.91. The van der Waals surface area contributed by atoms with Crippen molar-refractivity contribution in [3.63, 3.8) is 0 Å². The van der Waals surface area contributed by atoms with E-state index in [1.54, 1.807) is 0 Å². The normalized spacial score (nSPS) is 23.0. The number of likely N-dealkylation sites (tertiary alicyclic amines) is 1. The first kappa shape index (κ1) is 18.5. The second kappa shape index (κ2) is 8.34. The molecule has 0 bridgehead atoms. The zero-order chi connectivity index (χ0) is 16.9. The minimum Gasteiger partial charge on any atom is -0.444 e. The number of ether oxygens (including phenoxy) is 1. The van der Waals surface area contributed by atoms with Gasteiger partial charge in [-0.1, -0.05) is 6.92 Å². The van der Waals surface area contributed by atoms with Crippen LogP contribution in [0.1, 0.15) is 59.8 Å². The fourth-order valence-corrected chi connectivity index (χ4v) is 3.26. The van der Waals surface area contributed by atoms with Crippen LogP contribution in [0.2, 0.25) is 0 Å². The zero-order valence-corrected chi connectivity index (χ0v) is 15.4. The van der Waals surface area contributed by atoms with Crippen LogP contribution in [0.3, 0.4) is 0 Å². The molecule has 1 saturated carbocycles. The van der Waals surface area contributed by atoms with E-state index in [1.807, 2.05) is 25.7 Å². The molecule has 0 spiro atoms. The number of rotatable bonds is 6. The van der Waals surface area contributed by atoms with Gasteiger partial charge in [0.1, 0.15) is 5.60 Å². The highest BCUT2D eigenvalue weighted by Crippen LogP contribution is 2.25. The summed E-state index contributed by atoms with van der Waals surface area (Å²) in [7, 11) is 0. The van der Waals surface area contributed by atoms with Crippen molar-refractivity contribution >= 4 is 6.09 Å². The first-order valence-corrected chi connectivity index (χ1v) is 9.34. The van der Waals surface area contributed by atoms with Crippen LogP contribution in [0.15, 0.2) is 0 Å². The van der Waals surface area contributed by atoms with Gasteiger partial charge in [0.15, 0.2) is 0 Å². The predicted octanol–water partition coefficient (Wildman–Crippen LogP) is 2.85. The molecule has 1 aliphatic carbocycles. The van der Waals surface area contributed by atoms with Crippen LogP contribution in [0.5, 0.6) is 0 Å². The van der Waals surface area contributed by atoms with Crippen LogP contribution < -0.4 is 5.32 Å². The average molecular weight is 325 g/mol. The van der Waals surface area contributed by atoms with Gasteiger partial charge in [-0.3, -0.25) is 4.90 Å². The molecule has 0 aromatic heterocycles. The highest BCUT2D eigenvalue weighted by Gasteiger charge is 2.28. The highest BCUT2D eigenvalue weighted by molar-refractivity contribution is 5.68. The molecular weight excluding hydrogens is 290 g/mol. The number of hydrogen-bond acceptors (Lipinski definition) is 4. The molecule has 2 fully saturated rings. The quantitative estimate of drug-likeness (QED) is 0.815. The van der Waals surface area contributed by atoms with E-state index in [9.17, 15) is 4.79 Å². The van der Waals surface area contributed by atoms with E-state index >= 15 is 0 Å². The van der Waals surface area contributed by atoms with Crippen LogP contribution in [-0.4, -0.2) is 66.3 Å². The van der Waals surface area contributed by atoms with E-state index in [0.717, 1.165) is 58.0 Å². The Morgan fingerprint density at radius 2 is 1.96 bits per heavy atom. The third kappa shape index (κ3) is 6.68. The molecule has 5 heteroatoms. The van der Waals surface area contributed by atoms with Crippen molar-refractivity contribution in [1.29, 1.82) is 0 Å². The molecule has 0 radical (unpaired) electrons. The van der Waals surface area contributed by atoms with E-state index in [2.05, 4.69) is 17.1 Å². The number of likely N-dealkylation sites (N-methyl/N-ethyl adjacent to an activating group) is 1. The van der Waals surface area contributed by atoms with E-state index in [4.69, 9.17) is 4.74 Å². The second-order valence-electron chi connectivity index (χ2n) is 7.91. The molecule has 0 aromatic carbocycles. The lowest BCUT2D eigenvalue weighted by atomic mass is 10.1. The van der Waals surface area contributed by atoms with Gasteiger partial charge >= 0.3 is 6.09 Å². The standard InChI is InChI=1S/C18H35N3O2/c1-5-20(16-8-9-16)14-11-19-15-7-6-12-21(13-10-15)17(22)23-18(2,3)4/h15-16,19H,5-14H2,1-4H3. The van der Waals surface area contributed by atoms with Crippen molar-refractivity contribution in [2.75, 3.05) is 32.7 Å². The van der Waals surface area contributed by atoms with Gasteiger partial charge in [-0.05, 0) is 59.4 Å². The fourth-order valence-electron chi connectivity index (χ4n) is 3.26. The lowest BCUT2D eigenvalue weighted by Crippen LogP contribution is -2.40. The molecule has 1 amide bonds. The molecule has 134 valence electrons. The summed E-state index contributed by atoms with van der Waals surface area (Å²) >= 11 is 0. The summed E-state index contributed by atoms with van der Waals surface area (Å²) in [6.07, 6.45) is 5.81. The van der Waals surface area contributed by atoms with Crippen molar-refractivity contribution in [3.8, 4) is 0 Å². The maximum absolute atomic E-state index is 12.2. The van der Waals surface area contributed by atoms with Crippen molar-refractivity contribution in [3.05, 3.63) is 0 Å². The van der Waals surface area contributed by atoms with Crippen molar-refractivity contribution in [2.45, 2.75) is 77.5 Å². The topological polar surface area (TPSA) is 44.8 Å². The van der Waals surface area contributed by atoms with Gasteiger partial charge < -0.3 is 15.0 Å². The lowest BCUT2D eigenvalue weighted by Gasteiger charge is -2.26. The summed E-state index contributed by atoms with van der Waals surface area (Å²) in [6.45, 7) is 13.0. The monoisotopic (exact) mass is 325 g/mol. The van der Waals surface area contributed by atoms with E-state index in [-0.39, 0.29) is 6.09 Å². The first-order valence-electron chi connectivity index (χ1n) is 9.34. The van der Waals surface area contributed by atoms with Crippen molar-refractivity contribution < 1.29 is 9.53 Å². The maximum atomic E-state index is 12.2. The Hall–Kier alpha value is -0.810. The summed E-state index contributed by atoms with van der Waals surface area (Å²) in [5.74, 6) is 0. The van der Waals surface area contributed by atoms with Gasteiger partial charge in [-0.15, -0.1) is 0 Å². The molecule has 1 atom stereocenters. The molecule has 1 unspecified atom stereocenters. The molecule has 1 aliphatic heterocycles. The number of amides is 1. The molecule has 2 rings (SSSR count). The number of hydrogen-bond donors (Lipinski definition) is 1. The summed E-state index contributed by atoms with van der Waals surface area (Å²) in [5, 5.41) is 3.70. The van der Waals surface area contributed by atoms with Gasteiger partial charge in [0.2, 0.25) is 0 Å². The fraction of sp³-hybridized carbons (Fsp3) is 0.944. The third-order valence-electron chi connectivity index (χ3n) is 4.68. The summed E-state index contributed by atoms with van der Waals surface area (Å²) in [4.78, 5) is 16.6. The maximum Gasteiger partial charge on any atom is 0.410 e. The molecule has 1 saturated heterocycles. The van der Waals surface area contributed by atoms with Gasteiger partial charge in [0.05, 0.1) is 0 Å². The van der Waals surface area contributed by atoms with Gasteiger partial charge in [0.25, 0.3) is 0 Å². The third-order valence-corrected chi connectivity index (χ3v) is 4.68. The van der Waals surface area contributed by atoms with Crippen LogP contribution in [0.4, 0.5) is 4.79 Å². The van der Waals surface area contributed by atoms with Crippen LogP contribution >= 0.6 is 0 Å². The predicted molar refractivity (Wildman–Crippen MR) is 93.7 cm³/mol. The Labute approximate surface area is 141 Å².